The van der Waals surface area contributed by atoms with Crippen LogP contribution in [0.15, 0.2) is 24.4 Å². The quantitative estimate of drug-likeness (QED) is 0.836. The van der Waals surface area contributed by atoms with Crippen LogP contribution in [-0.2, 0) is 11.2 Å². The molecule has 7 heteroatoms. The number of aromatic nitrogens is 1. The van der Waals surface area contributed by atoms with Crippen molar-refractivity contribution in [3.8, 4) is 11.1 Å². The van der Waals surface area contributed by atoms with Crippen LogP contribution in [0.5, 0.6) is 0 Å². The molecule has 0 saturated heterocycles. The Kier molecular flexibility index (Phi) is 4.38. The summed E-state index contributed by atoms with van der Waals surface area (Å²) in [6, 6.07) is 4.91. The van der Waals surface area contributed by atoms with E-state index in [4.69, 9.17) is 45.6 Å². The Labute approximate surface area is 130 Å². The van der Waals surface area contributed by atoms with E-state index < -0.39 is 5.97 Å². The van der Waals surface area contributed by atoms with E-state index in [0.717, 1.165) is 0 Å². The number of carbonyl (C=O) groups is 1. The fourth-order valence-corrected chi connectivity index (χ4v) is 2.30. The highest BCUT2D eigenvalue weighted by molar-refractivity contribution is 6.48. The first-order chi connectivity index (χ1) is 9.38. The molecule has 2 rings (SSSR count). The SMILES string of the molecule is Nc1ncc(-c2cc(Cl)c(Cl)c(Cl)c2)cc1CC(=O)O. The summed E-state index contributed by atoms with van der Waals surface area (Å²) in [5.41, 5.74) is 7.43. The molecule has 0 saturated carbocycles. The summed E-state index contributed by atoms with van der Waals surface area (Å²) in [6.45, 7) is 0. The molecular weight excluding hydrogens is 323 g/mol. The van der Waals surface area contributed by atoms with Crippen LogP contribution in [0.3, 0.4) is 0 Å². The summed E-state index contributed by atoms with van der Waals surface area (Å²) >= 11 is 17.8. The highest BCUT2D eigenvalue weighted by Crippen LogP contribution is 2.35. The molecule has 0 bridgehead atoms. The number of anilines is 1. The molecule has 2 aromatic rings. The molecule has 0 aliphatic heterocycles. The van der Waals surface area contributed by atoms with Gasteiger partial charge in [0.1, 0.15) is 5.82 Å². The number of carboxylic acids is 1. The monoisotopic (exact) mass is 330 g/mol. The van der Waals surface area contributed by atoms with Gasteiger partial charge in [-0.1, -0.05) is 34.8 Å². The van der Waals surface area contributed by atoms with E-state index in [9.17, 15) is 4.79 Å². The Morgan fingerprint density at radius 2 is 1.75 bits per heavy atom. The first-order valence-electron chi connectivity index (χ1n) is 5.49. The van der Waals surface area contributed by atoms with Crippen LogP contribution in [-0.4, -0.2) is 16.1 Å². The zero-order chi connectivity index (χ0) is 14.9. The van der Waals surface area contributed by atoms with Crippen LogP contribution >= 0.6 is 34.8 Å². The van der Waals surface area contributed by atoms with Gasteiger partial charge in [0, 0.05) is 17.3 Å². The smallest absolute Gasteiger partial charge is 0.307 e. The maximum Gasteiger partial charge on any atom is 0.307 e. The van der Waals surface area contributed by atoms with Crippen molar-refractivity contribution in [3.05, 3.63) is 45.0 Å². The van der Waals surface area contributed by atoms with Crippen LogP contribution < -0.4 is 5.73 Å². The second-order valence-corrected chi connectivity index (χ2v) is 5.29. The highest BCUT2D eigenvalue weighted by atomic mass is 35.5. The largest absolute Gasteiger partial charge is 0.481 e. The average molecular weight is 332 g/mol. The average Bonchev–Trinajstić information content (AvgIpc) is 2.37. The molecule has 4 nitrogen and oxygen atoms in total. The molecular formula is C13H9Cl3N2O2. The maximum absolute atomic E-state index is 10.8. The first kappa shape index (κ1) is 14.9. The van der Waals surface area contributed by atoms with Gasteiger partial charge in [0.2, 0.25) is 0 Å². The van der Waals surface area contributed by atoms with Crippen molar-refractivity contribution in [3.63, 3.8) is 0 Å². The third-order valence-corrected chi connectivity index (χ3v) is 3.86. The predicted octanol–water partition coefficient (Wildman–Crippen LogP) is 3.92. The van der Waals surface area contributed by atoms with Crippen LogP contribution in [0.1, 0.15) is 5.56 Å². The lowest BCUT2D eigenvalue weighted by atomic mass is 10.0. The van der Waals surface area contributed by atoms with Crippen molar-refractivity contribution in [2.45, 2.75) is 6.42 Å². The minimum absolute atomic E-state index is 0.183. The van der Waals surface area contributed by atoms with E-state index in [1.54, 1.807) is 18.2 Å². The number of nitrogen functional groups attached to an aromatic ring is 1. The third kappa shape index (κ3) is 3.15. The Morgan fingerprint density at radius 1 is 1.15 bits per heavy atom. The summed E-state index contributed by atoms with van der Waals surface area (Å²) in [7, 11) is 0. The van der Waals surface area contributed by atoms with Crippen molar-refractivity contribution in [2.75, 3.05) is 5.73 Å². The number of aliphatic carboxylic acids is 1. The minimum Gasteiger partial charge on any atom is -0.481 e. The number of hydrogen-bond donors (Lipinski definition) is 2. The lowest BCUT2D eigenvalue weighted by Crippen LogP contribution is -2.05. The van der Waals surface area contributed by atoms with Gasteiger partial charge in [0.25, 0.3) is 0 Å². The lowest BCUT2D eigenvalue weighted by molar-refractivity contribution is -0.136. The van der Waals surface area contributed by atoms with Crippen LogP contribution in [0.25, 0.3) is 11.1 Å². The van der Waals surface area contributed by atoms with E-state index in [-0.39, 0.29) is 17.3 Å². The summed E-state index contributed by atoms with van der Waals surface area (Å²) in [6.07, 6.45) is 1.32. The number of rotatable bonds is 3. The third-order valence-electron chi connectivity index (χ3n) is 2.66. The first-order valence-corrected chi connectivity index (χ1v) is 6.63. The molecule has 0 atom stereocenters. The number of halogens is 3. The van der Waals surface area contributed by atoms with Gasteiger partial charge in [-0.15, -0.1) is 0 Å². The standard InChI is InChI=1S/C13H9Cl3N2O2/c14-9-2-6(3-10(15)12(9)16)8-1-7(4-11(19)20)13(17)18-5-8/h1-3,5H,4H2,(H2,17,18)(H,19,20). The Morgan fingerprint density at radius 3 is 2.30 bits per heavy atom. The predicted molar refractivity (Wildman–Crippen MR) is 80.5 cm³/mol. The van der Waals surface area contributed by atoms with Crippen molar-refractivity contribution < 1.29 is 9.90 Å². The molecule has 1 heterocycles. The summed E-state index contributed by atoms with van der Waals surface area (Å²) in [5, 5.41) is 9.73. The van der Waals surface area contributed by atoms with Gasteiger partial charge in [-0.3, -0.25) is 4.79 Å². The molecule has 104 valence electrons. The van der Waals surface area contributed by atoms with Gasteiger partial charge in [-0.25, -0.2) is 4.98 Å². The number of hydrogen-bond acceptors (Lipinski definition) is 3. The summed E-state index contributed by atoms with van der Waals surface area (Å²) in [5.74, 6) is -0.801. The molecule has 0 amide bonds. The van der Waals surface area contributed by atoms with Gasteiger partial charge in [-0.05, 0) is 23.8 Å². The van der Waals surface area contributed by atoms with Crippen LogP contribution in [0.2, 0.25) is 15.1 Å². The van der Waals surface area contributed by atoms with Crippen molar-refractivity contribution >= 4 is 46.6 Å². The number of nitrogens with two attached hydrogens (primary N) is 1. The minimum atomic E-state index is -0.983. The van der Waals surface area contributed by atoms with Crippen LogP contribution in [0, 0.1) is 0 Å². The van der Waals surface area contributed by atoms with E-state index in [1.165, 1.54) is 6.20 Å². The molecule has 0 spiro atoms. The van der Waals surface area contributed by atoms with Gasteiger partial charge in [0.05, 0.1) is 21.5 Å². The maximum atomic E-state index is 10.8. The molecule has 20 heavy (non-hydrogen) atoms. The molecule has 1 aromatic heterocycles. The lowest BCUT2D eigenvalue weighted by Gasteiger charge is -2.08. The van der Waals surface area contributed by atoms with Crippen molar-refractivity contribution in [1.29, 1.82) is 0 Å². The summed E-state index contributed by atoms with van der Waals surface area (Å²) in [4.78, 5) is 14.8. The van der Waals surface area contributed by atoms with Gasteiger partial charge in [0.15, 0.2) is 0 Å². The fraction of sp³-hybridized carbons (Fsp3) is 0.0769. The number of carboxylic acid groups (broad SMARTS) is 1. The normalized spacial score (nSPS) is 10.6. The van der Waals surface area contributed by atoms with Crippen molar-refractivity contribution in [1.82, 2.24) is 4.98 Å². The Balaban J connectivity index is 2.50. The molecule has 1 aromatic carbocycles. The van der Waals surface area contributed by atoms with E-state index in [2.05, 4.69) is 4.98 Å². The zero-order valence-electron chi connectivity index (χ0n) is 10.0. The molecule has 0 unspecified atom stereocenters. The van der Waals surface area contributed by atoms with E-state index >= 15 is 0 Å². The van der Waals surface area contributed by atoms with Gasteiger partial charge in [-0.2, -0.15) is 0 Å². The second-order valence-electron chi connectivity index (χ2n) is 4.09. The van der Waals surface area contributed by atoms with E-state index in [1.807, 2.05) is 0 Å². The molecule has 3 N–H and O–H groups in total. The van der Waals surface area contributed by atoms with E-state index in [0.29, 0.717) is 26.7 Å². The fourth-order valence-electron chi connectivity index (χ4n) is 1.71. The second kappa shape index (κ2) is 5.87. The van der Waals surface area contributed by atoms with Gasteiger partial charge < -0.3 is 10.8 Å². The van der Waals surface area contributed by atoms with Crippen LogP contribution in [0.4, 0.5) is 5.82 Å². The topological polar surface area (TPSA) is 76.2 Å². The number of pyridine rings is 1. The number of benzene rings is 1. The molecule has 0 fully saturated rings. The van der Waals surface area contributed by atoms with Crippen molar-refractivity contribution in [2.24, 2.45) is 0 Å². The summed E-state index contributed by atoms with van der Waals surface area (Å²) < 4.78 is 0. The Hall–Kier alpha value is -1.49. The molecule has 0 radical (unpaired) electrons. The number of nitrogens with zero attached hydrogens (tertiary/aromatic N) is 1. The highest BCUT2D eigenvalue weighted by Gasteiger charge is 2.11. The Bertz CT molecular complexity index is 666. The molecule has 0 aliphatic carbocycles. The molecule has 0 aliphatic rings. The van der Waals surface area contributed by atoms with Gasteiger partial charge >= 0.3 is 5.97 Å². The zero-order valence-corrected chi connectivity index (χ0v) is 12.3.